The second kappa shape index (κ2) is 8.56. The number of amides is 2. The van der Waals surface area contributed by atoms with E-state index in [1.54, 1.807) is 29.2 Å². The Morgan fingerprint density at radius 1 is 1.14 bits per heavy atom. The maximum absolute atomic E-state index is 12.5. The molecule has 2 amide bonds. The molecule has 3 rings (SSSR count). The molecule has 0 spiro atoms. The molecule has 1 atom stereocenters. The van der Waals surface area contributed by atoms with Gasteiger partial charge in [-0.3, -0.25) is 14.4 Å². The number of methoxy groups -OCH3 is 1. The fourth-order valence-corrected chi connectivity index (χ4v) is 3.23. The van der Waals surface area contributed by atoms with Crippen LogP contribution in [0.4, 0.5) is 5.69 Å². The fourth-order valence-electron chi connectivity index (χ4n) is 3.23. The Bertz CT molecular complexity index is 896. The molecule has 0 saturated carbocycles. The van der Waals surface area contributed by atoms with Crippen LogP contribution in [-0.2, 0) is 20.7 Å². The van der Waals surface area contributed by atoms with E-state index in [-0.39, 0.29) is 25.1 Å². The van der Waals surface area contributed by atoms with Crippen LogP contribution >= 0.6 is 0 Å². The molecule has 0 radical (unpaired) electrons. The molecule has 0 bridgehead atoms. The number of carbonyl (C=O) groups excluding carboxylic acids is 3. The van der Waals surface area contributed by atoms with E-state index in [1.165, 1.54) is 7.11 Å². The number of fused-ring (bicyclic) bond motifs is 1. The molecule has 1 N–H and O–H groups in total. The van der Waals surface area contributed by atoms with Crippen LogP contribution in [0.5, 0.6) is 5.75 Å². The van der Waals surface area contributed by atoms with Crippen LogP contribution < -0.4 is 15.0 Å². The van der Waals surface area contributed by atoms with E-state index in [0.29, 0.717) is 11.3 Å². The van der Waals surface area contributed by atoms with Gasteiger partial charge in [-0.25, -0.2) is 0 Å². The maximum atomic E-state index is 12.5. The van der Waals surface area contributed by atoms with Gasteiger partial charge in [-0.05, 0) is 43.2 Å². The van der Waals surface area contributed by atoms with Crippen molar-refractivity contribution >= 4 is 23.5 Å². The first-order chi connectivity index (χ1) is 13.5. The summed E-state index contributed by atoms with van der Waals surface area (Å²) in [5, 5.41) is 2.47. The first-order valence-corrected chi connectivity index (χ1v) is 8.97. The minimum Gasteiger partial charge on any atom is -0.497 e. The Morgan fingerprint density at radius 3 is 2.71 bits per heavy atom. The van der Waals surface area contributed by atoms with Gasteiger partial charge in [0.25, 0.3) is 11.8 Å². The van der Waals surface area contributed by atoms with Gasteiger partial charge in [0.2, 0.25) is 0 Å². The molecule has 0 aliphatic carbocycles. The van der Waals surface area contributed by atoms with Gasteiger partial charge in [-0.1, -0.05) is 24.3 Å². The molecule has 146 valence electrons. The number of carbonyl (C=O) groups is 3. The van der Waals surface area contributed by atoms with Crippen LogP contribution in [-0.4, -0.2) is 44.1 Å². The average Bonchev–Trinajstić information content (AvgIpc) is 3.05. The summed E-state index contributed by atoms with van der Waals surface area (Å²) in [6.07, 6.45) is 0.770. The van der Waals surface area contributed by atoms with Gasteiger partial charge < -0.3 is 19.7 Å². The third kappa shape index (κ3) is 4.31. The second-order valence-corrected chi connectivity index (χ2v) is 6.52. The molecule has 0 unspecified atom stereocenters. The normalized spacial score (nSPS) is 14.9. The lowest BCUT2D eigenvalue weighted by Gasteiger charge is -2.22. The lowest BCUT2D eigenvalue weighted by molar-refractivity contribution is -0.146. The lowest BCUT2D eigenvalue weighted by Crippen LogP contribution is -2.39. The summed E-state index contributed by atoms with van der Waals surface area (Å²) in [7, 11) is 1.50. The summed E-state index contributed by atoms with van der Waals surface area (Å²) in [5.41, 5.74) is 2.31. The first kappa shape index (κ1) is 19.4. The van der Waals surface area contributed by atoms with Gasteiger partial charge in [-0.15, -0.1) is 0 Å². The SMILES string of the molecule is COc1cccc(C(=O)NCC(=O)OCC(=O)N2c3ccccc3C[C@@H]2C)c1. The van der Waals surface area contributed by atoms with Gasteiger partial charge in [0, 0.05) is 17.3 Å². The van der Waals surface area contributed by atoms with Crippen LogP contribution in [0, 0.1) is 0 Å². The molecule has 0 fully saturated rings. The van der Waals surface area contributed by atoms with Crippen molar-refractivity contribution in [2.24, 2.45) is 0 Å². The van der Waals surface area contributed by atoms with Gasteiger partial charge in [0.15, 0.2) is 6.61 Å². The van der Waals surface area contributed by atoms with Crippen LogP contribution in [0.15, 0.2) is 48.5 Å². The standard InChI is InChI=1S/C21H22N2O5/c1-14-10-15-6-3-4-9-18(15)23(14)19(24)13-28-20(25)12-22-21(26)16-7-5-8-17(11-16)27-2/h3-9,11,14H,10,12-13H2,1-2H3,(H,22,26)/t14-/m0/s1. The van der Waals surface area contributed by atoms with E-state index in [4.69, 9.17) is 9.47 Å². The Morgan fingerprint density at radius 2 is 1.93 bits per heavy atom. The second-order valence-electron chi connectivity index (χ2n) is 6.52. The zero-order valence-corrected chi connectivity index (χ0v) is 15.8. The van der Waals surface area contributed by atoms with Crippen LogP contribution in [0.3, 0.4) is 0 Å². The summed E-state index contributed by atoms with van der Waals surface area (Å²) in [4.78, 5) is 38.2. The number of hydrogen-bond donors (Lipinski definition) is 1. The predicted octanol–water partition coefficient (Wildman–Crippen LogP) is 1.95. The van der Waals surface area contributed by atoms with Crippen molar-refractivity contribution < 1.29 is 23.9 Å². The number of esters is 1. The summed E-state index contributed by atoms with van der Waals surface area (Å²) < 4.78 is 10.1. The minimum atomic E-state index is -0.676. The van der Waals surface area contributed by atoms with E-state index >= 15 is 0 Å². The van der Waals surface area contributed by atoms with Gasteiger partial charge >= 0.3 is 5.97 Å². The van der Waals surface area contributed by atoms with E-state index in [2.05, 4.69) is 5.32 Å². The quantitative estimate of drug-likeness (QED) is 0.772. The number of nitrogens with zero attached hydrogens (tertiary/aromatic N) is 1. The number of hydrogen-bond acceptors (Lipinski definition) is 5. The van der Waals surface area contributed by atoms with Crippen molar-refractivity contribution in [2.75, 3.05) is 25.2 Å². The fraction of sp³-hybridized carbons (Fsp3) is 0.286. The highest BCUT2D eigenvalue weighted by Gasteiger charge is 2.30. The molecular weight excluding hydrogens is 360 g/mol. The number of benzene rings is 2. The van der Waals surface area contributed by atoms with Crippen molar-refractivity contribution in [3.8, 4) is 5.75 Å². The van der Waals surface area contributed by atoms with E-state index < -0.39 is 11.9 Å². The van der Waals surface area contributed by atoms with Crippen molar-refractivity contribution in [3.63, 3.8) is 0 Å². The highest BCUT2D eigenvalue weighted by Crippen LogP contribution is 2.31. The Kier molecular flexibility index (Phi) is 5.93. The van der Waals surface area contributed by atoms with E-state index in [0.717, 1.165) is 17.7 Å². The van der Waals surface area contributed by atoms with Gasteiger partial charge in [0.05, 0.1) is 7.11 Å². The molecule has 0 saturated heterocycles. The summed E-state index contributed by atoms with van der Waals surface area (Å²) in [5.74, 6) is -0.847. The molecule has 0 aromatic heterocycles. The zero-order chi connectivity index (χ0) is 20.1. The molecule has 2 aromatic carbocycles. The monoisotopic (exact) mass is 382 g/mol. The van der Waals surface area contributed by atoms with Crippen molar-refractivity contribution in [2.45, 2.75) is 19.4 Å². The molecule has 2 aromatic rings. The number of rotatable bonds is 6. The topological polar surface area (TPSA) is 84.9 Å². The van der Waals surface area contributed by atoms with Crippen molar-refractivity contribution in [1.82, 2.24) is 5.32 Å². The lowest BCUT2D eigenvalue weighted by atomic mass is 10.1. The Labute approximate surface area is 163 Å². The minimum absolute atomic E-state index is 0.0105. The third-order valence-corrected chi connectivity index (χ3v) is 4.56. The average molecular weight is 382 g/mol. The van der Waals surface area contributed by atoms with Crippen LogP contribution in [0.25, 0.3) is 0 Å². The third-order valence-electron chi connectivity index (χ3n) is 4.56. The molecule has 7 nitrogen and oxygen atoms in total. The van der Waals surface area contributed by atoms with Crippen LogP contribution in [0.2, 0.25) is 0 Å². The summed E-state index contributed by atoms with van der Waals surface area (Å²) >= 11 is 0. The summed E-state index contributed by atoms with van der Waals surface area (Å²) in [6, 6.07) is 14.3. The Balaban J connectivity index is 1.49. The largest absolute Gasteiger partial charge is 0.497 e. The highest BCUT2D eigenvalue weighted by atomic mass is 16.5. The van der Waals surface area contributed by atoms with Gasteiger partial charge in [-0.2, -0.15) is 0 Å². The van der Waals surface area contributed by atoms with Crippen molar-refractivity contribution in [1.29, 1.82) is 0 Å². The Hall–Kier alpha value is -3.35. The number of nitrogens with one attached hydrogen (secondary N) is 1. The molecule has 28 heavy (non-hydrogen) atoms. The molecule has 1 aliphatic heterocycles. The predicted molar refractivity (Wildman–Crippen MR) is 103 cm³/mol. The van der Waals surface area contributed by atoms with E-state index in [9.17, 15) is 14.4 Å². The molecular formula is C21H22N2O5. The number of ether oxygens (including phenoxy) is 2. The summed E-state index contributed by atoms with van der Waals surface area (Å²) in [6.45, 7) is 1.26. The van der Waals surface area contributed by atoms with Crippen LogP contribution in [0.1, 0.15) is 22.8 Å². The smallest absolute Gasteiger partial charge is 0.325 e. The zero-order valence-electron chi connectivity index (χ0n) is 15.8. The maximum Gasteiger partial charge on any atom is 0.325 e. The molecule has 7 heteroatoms. The molecule has 1 aliphatic rings. The van der Waals surface area contributed by atoms with E-state index in [1.807, 2.05) is 31.2 Å². The van der Waals surface area contributed by atoms with Crippen molar-refractivity contribution in [3.05, 3.63) is 59.7 Å². The highest BCUT2D eigenvalue weighted by molar-refractivity contribution is 5.98. The van der Waals surface area contributed by atoms with Gasteiger partial charge in [0.1, 0.15) is 12.3 Å². The number of anilines is 1. The molecule has 1 heterocycles. The number of para-hydroxylation sites is 1. The first-order valence-electron chi connectivity index (χ1n) is 8.97.